The summed E-state index contributed by atoms with van der Waals surface area (Å²) in [5, 5.41) is 2.83. The lowest BCUT2D eigenvalue weighted by Crippen LogP contribution is -2.52. The van der Waals surface area contributed by atoms with Crippen LogP contribution in [-0.4, -0.2) is 84.5 Å². The molecule has 9 heteroatoms. The maximum absolute atomic E-state index is 14.1. The third-order valence-corrected chi connectivity index (χ3v) is 12.9. The van der Waals surface area contributed by atoms with Crippen molar-refractivity contribution in [3.8, 4) is 0 Å². The minimum atomic E-state index is -0.682. The quantitative estimate of drug-likeness (QED) is 0.0369. The van der Waals surface area contributed by atoms with Crippen LogP contribution in [-0.2, 0) is 28.7 Å². The van der Waals surface area contributed by atoms with Crippen molar-refractivity contribution in [2.75, 3.05) is 39.3 Å². The first-order valence-corrected chi connectivity index (χ1v) is 28.0. The monoisotopic (exact) mass is 928 g/mol. The van der Waals surface area contributed by atoms with Crippen LogP contribution in [0.4, 0.5) is 0 Å². The molecule has 0 aromatic carbocycles. The standard InChI is InChI=1S/C57H105N3O6/c1-6-8-10-12-14-16-18-20-22-24-26-28-30-32-38-44-53(61)60(49-48-59-46-40-34-35-41-47-59)52(56(64)58-51-55(63)66-57(3,4)5)43-37-36-42-50-65-54(62)45-39-33-31-29-27-25-23-21-19-17-15-13-11-9-7-2/h20-23,52H,6-19,24-51H2,1-5H3,(H,58,64)/b22-20-,23-21-. The molecule has 0 saturated carbocycles. The van der Waals surface area contributed by atoms with E-state index in [0.29, 0.717) is 45.3 Å². The minimum absolute atomic E-state index is 0.0180. The molecular weight excluding hydrogens is 823 g/mol. The van der Waals surface area contributed by atoms with Crippen LogP contribution in [0.3, 0.4) is 0 Å². The van der Waals surface area contributed by atoms with E-state index in [4.69, 9.17) is 9.47 Å². The molecule has 0 spiro atoms. The number of amides is 2. The lowest BCUT2D eigenvalue weighted by molar-refractivity contribution is -0.155. The predicted octanol–water partition coefficient (Wildman–Crippen LogP) is 14.7. The van der Waals surface area contributed by atoms with Crippen LogP contribution < -0.4 is 5.32 Å². The topological polar surface area (TPSA) is 105 Å². The Bertz CT molecular complexity index is 1240. The average Bonchev–Trinajstić information content (AvgIpc) is 3.57. The fourth-order valence-corrected chi connectivity index (χ4v) is 8.85. The summed E-state index contributed by atoms with van der Waals surface area (Å²) in [6.07, 6.45) is 49.3. The van der Waals surface area contributed by atoms with E-state index < -0.39 is 17.6 Å². The molecule has 0 bridgehead atoms. The summed E-state index contributed by atoms with van der Waals surface area (Å²) < 4.78 is 11.1. The summed E-state index contributed by atoms with van der Waals surface area (Å²) in [4.78, 5) is 57.5. The smallest absolute Gasteiger partial charge is 0.325 e. The Morgan fingerprint density at radius 3 is 1.52 bits per heavy atom. The number of unbranched alkanes of at least 4 members (excludes halogenated alkanes) is 24. The zero-order chi connectivity index (χ0) is 48.2. The third-order valence-electron chi connectivity index (χ3n) is 12.9. The summed E-state index contributed by atoms with van der Waals surface area (Å²) in [6, 6.07) is -0.682. The summed E-state index contributed by atoms with van der Waals surface area (Å²) in [7, 11) is 0. The van der Waals surface area contributed by atoms with Gasteiger partial charge in [-0.3, -0.25) is 19.2 Å². The SMILES string of the molecule is CCCCCCCC/C=C\CCCCCCCC(=O)OCCCCCC(C(=O)NCC(=O)OC(C)(C)C)N(CCN1CCCCCC1)C(=O)CCCCCCC/C=C\CCCCCCCC. The Morgan fingerprint density at radius 2 is 1.02 bits per heavy atom. The number of nitrogens with zero attached hydrogens (tertiary/aromatic N) is 2. The number of allylic oxidation sites excluding steroid dienone is 4. The average molecular weight is 928 g/mol. The number of hydrogen-bond acceptors (Lipinski definition) is 7. The molecule has 0 radical (unpaired) electrons. The molecule has 0 aromatic rings. The van der Waals surface area contributed by atoms with Crippen LogP contribution in [0.15, 0.2) is 24.3 Å². The van der Waals surface area contributed by atoms with Gasteiger partial charge < -0.3 is 24.6 Å². The van der Waals surface area contributed by atoms with Gasteiger partial charge in [-0.1, -0.05) is 160 Å². The van der Waals surface area contributed by atoms with Crippen LogP contribution >= 0.6 is 0 Å². The van der Waals surface area contributed by atoms with Gasteiger partial charge in [0.1, 0.15) is 18.2 Å². The lowest BCUT2D eigenvalue weighted by atomic mass is 10.0. The molecule has 1 N–H and O–H groups in total. The Kier molecular flexibility index (Phi) is 40.5. The van der Waals surface area contributed by atoms with Gasteiger partial charge in [0.15, 0.2) is 0 Å². The highest BCUT2D eigenvalue weighted by Gasteiger charge is 2.30. The number of hydrogen-bond donors (Lipinski definition) is 1. The lowest BCUT2D eigenvalue weighted by Gasteiger charge is -2.33. The number of esters is 2. The van der Waals surface area contributed by atoms with E-state index >= 15 is 0 Å². The zero-order valence-corrected chi connectivity index (χ0v) is 43.9. The van der Waals surface area contributed by atoms with Crippen molar-refractivity contribution in [1.29, 1.82) is 0 Å². The molecule has 1 unspecified atom stereocenters. The van der Waals surface area contributed by atoms with Crippen molar-refractivity contribution in [3.05, 3.63) is 24.3 Å². The van der Waals surface area contributed by atoms with E-state index in [1.807, 2.05) is 25.7 Å². The van der Waals surface area contributed by atoms with Gasteiger partial charge in [0, 0.05) is 25.9 Å². The van der Waals surface area contributed by atoms with Crippen molar-refractivity contribution >= 4 is 23.8 Å². The second kappa shape index (κ2) is 43.6. The van der Waals surface area contributed by atoms with Gasteiger partial charge in [-0.05, 0) is 130 Å². The molecular formula is C57H105N3O6. The molecule has 0 aliphatic carbocycles. The molecule has 1 heterocycles. The highest BCUT2D eigenvalue weighted by atomic mass is 16.6. The number of carbonyl (C=O) groups excluding carboxylic acids is 4. The van der Waals surface area contributed by atoms with Crippen molar-refractivity contribution in [2.24, 2.45) is 0 Å². The highest BCUT2D eigenvalue weighted by Crippen LogP contribution is 2.18. The summed E-state index contributed by atoms with van der Waals surface area (Å²) in [5.41, 5.74) is -0.659. The first-order valence-electron chi connectivity index (χ1n) is 28.0. The molecule has 1 saturated heterocycles. The van der Waals surface area contributed by atoms with Crippen molar-refractivity contribution in [2.45, 2.75) is 277 Å². The fraction of sp³-hybridized carbons (Fsp3) is 0.860. The number of likely N-dealkylation sites (tertiary alicyclic amines) is 1. The first kappa shape index (κ1) is 61.3. The maximum Gasteiger partial charge on any atom is 0.325 e. The summed E-state index contributed by atoms with van der Waals surface area (Å²) in [5.74, 6) is -0.910. The minimum Gasteiger partial charge on any atom is -0.466 e. The Labute approximate surface area is 407 Å². The van der Waals surface area contributed by atoms with Crippen LogP contribution in [0, 0.1) is 0 Å². The van der Waals surface area contributed by atoms with Gasteiger partial charge in [0.05, 0.1) is 6.61 Å². The predicted molar refractivity (Wildman–Crippen MR) is 278 cm³/mol. The Hall–Kier alpha value is -2.68. The van der Waals surface area contributed by atoms with Gasteiger partial charge in [-0.25, -0.2) is 0 Å². The highest BCUT2D eigenvalue weighted by molar-refractivity contribution is 5.89. The van der Waals surface area contributed by atoms with E-state index in [9.17, 15) is 19.2 Å². The number of carbonyl (C=O) groups is 4. The molecule has 1 fully saturated rings. The van der Waals surface area contributed by atoms with Gasteiger partial charge in [0.2, 0.25) is 11.8 Å². The van der Waals surface area contributed by atoms with Crippen molar-refractivity contribution in [3.63, 3.8) is 0 Å². The van der Waals surface area contributed by atoms with E-state index in [-0.39, 0.29) is 24.3 Å². The second-order valence-corrected chi connectivity index (χ2v) is 20.4. The van der Waals surface area contributed by atoms with E-state index in [1.165, 1.54) is 122 Å². The molecule has 1 aliphatic rings. The maximum atomic E-state index is 14.1. The summed E-state index contributed by atoms with van der Waals surface area (Å²) >= 11 is 0. The van der Waals surface area contributed by atoms with Crippen LogP contribution in [0.2, 0.25) is 0 Å². The number of ether oxygens (including phenoxy) is 2. The van der Waals surface area contributed by atoms with Gasteiger partial charge in [-0.15, -0.1) is 0 Å². The zero-order valence-electron chi connectivity index (χ0n) is 43.9. The van der Waals surface area contributed by atoms with E-state index in [0.717, 1.165) is 96.7 Å². The fourth-order valence-electron chi connectivity index (χ4n) is 8.85. The largest absolute Gasteiger partial charge is 0.466 e. The van der Waals surface area contributed by atoms with Gasteiger partial charge >= 0.3 is 11.9 Å². The van der Waals surface area contributed by atoms with Crippen molar-refractivity contribution < 1.29 is 28.7 Å². The number of rotatable bonds is 43. The molecule has 9 nitrogen and oxygen atoms in total. The Morgan fingerprint density at radius 1 is 0.561 bits per heavy atom. The van der Waals surface area contributed by atoms with E-state index in [1.54, 1.807) is 0 Å². The molecule has 0 aromatic heterocycles. The normalized spacial score (nSPS) is 14.1. The van der Waals surface area contributed by atoms with Crippen LogP contribution in [0.5, 0.6) is 0 Å². The van der Waals surface area contributed by atoms with Crippen LogP contribution in [0.25, 0.3) is 0 Å². The first-order chi connectivity index (χ1) is 32.1. The van der Waals surface area contributed by atoms with Crippen LogP contribution in [0.1, 0.15) is 266 Å². The Balaban J connectivity index is 2.61. The molecule has 66 heavy (non-hydrogen) atoms. The second-order valence-electron chi connectivity index (χ2n) is 20.4. The third kappa shape index (κ3) is 38.3. The molecule has 384 valence electrons. The van der Waals surface area contributed by atoms with Crippen molar-refractivity contribution in [1.82, 2.24) is 15.1 Å². The van der Waals surface area contributed by atoms with Gasteiger partial charge in [0.25, 0.3) is 0 Å². The molecule has 1 aliphatic heterocycles. The summed E-state index contributed by atoms with van der Waals surface area (Å²) in [6.45, 7) is 13.3. The van der Waals surface area contributed by atoms with E-state index in [2.05, 4.69) is 48.4 Å². The molecule has 1 rings (SSSR count). The molecule has 2 amide bonds. The molecule has 1 atom stereocenters. The number of nitrogens with one attached hydrogen (secondary N) is 1. The van der Waals surface area contributed by atoms with Gasteiger partial charge in [-0.2, -0.15) is 0 Å².